The van der Waals surface area contributed by atoms with Crippen LogP contribution in [0.2, 0.25) is 0 Å². The summed E-state index contributed by atoms with van der Waals surface area (Å²) in [4.78, 5) is 46.2. The quantitative estimate of drug-likeness (QED) is 0.0755. The summed E-state index contributed by atoms with van der Waals surface area (Å²) in [7, 11) is 4.14. The molecule has 1 aliphatic heterocycles. The van der Waals surface area contributed by atoms with Gasteiger partial charge >= 0.3 is 0 Å². The first kappa shape index (κ1) is 36.0. The molecular formula is C49H46B2N2O3. The van der Waals surface area contributed by atoms with E-state index in [9.17, 15) is 9.59 Å². The molecule has 0 N–H and O–H groups in total. The van der Waals surface area contributed by atoms with E-state index in [1.54, 1.807) is 0 Å². The molecule has 0 radical (unpaired) electrons. The summed E-state index contributed by atoms with van der Waals surface area (Å²) in [5, 5.41) is 9.85. The van der Waals surface area contributed by atoms with Crippen molar-refractivity contribution in [1.29, 1.82) is 0 Å². The highest BCUT2D eigenvalue weighted by atomic mass is 16.2. The van der Waals surface area contributed by atoms with Gasteiger partial charge in [0.05, 0.1) is 11.4 Å². The van der Waals surface area contributed by atoms with Crippen LogP contribution in [0.25, 0.3) is 66.1 Å². The highest BCUT2D eigenvalue weighted by molar-refractivity contribution is 6.54. The van der Waals surface area contributed by atoms with E-state index in [1.807, 2.05) is 41.0 Å². The second kappa shape index (κ2) is 12.4. The van der Waals surface area contributed by atoms with E-state index >= 15 is 4.79 Å². The van der Waals surface area contributed by atoms with Crippen molar-refractivity contribution in [3.05, 3.63) is 122 Å². The molecule has 1 aliphatic rings. The molecular weight excluding hydrogens is 686 g/mol. The first-order chi connectivity index (χ1) is 26.6. The van der Waals surface area contributed by atoms with Gasteiger partial charge < -0.3 is 0 Å². The Labute approximate surface area is 329 Å². The van der Waals surface area contributed by atoms with Gasteiger partial charge in [0.15, 0.2) is 0 Å². The number of carbonyl (C=O) groups is 2. The molecule has 2 amide bonds. The van der Waals surface area contributed by atoms with Gasteiger partial charge in [-0.2, -0.15) is 0 Å². The fourth-order valence-corrected chi connectivity index (χ4v) is 9.94. The number of imide groups is 1. The third kappa shape index (κ3) is 4.66. The van der Waals surface area contributed by atoms with Gasteiger partial charge in [0.25, 0.3) is 17.4 Å². The number of anilines is 1. The number of hydrogen-bond donors (Lipinski definition) is 0. The Morgan fingerprint density at radius 1 is 0.482 bits per heavy atom. The summed E-state index contributed by atoms with van der Waals surface area (Å²) in [6.07, 6.45) is 0. The van der Waals surface area contributed by atoms with Crippen molar-refractivity contribution in [2.24, 2.45) is 0 Å². The lowest BCUT2D eigenvalue weighted by Crippen LogP contribution is -2.42. The monoisotopic (exact) mass is 732 g/mol. The van der Waals surface area contributed by atoms with Crippen molar-refractivity contribution in [3.63, 3.8) is 0 Å². The number of rotatable bonds is 6. The molecule has 1 aromatic heterocycles. The van der Waals surface area contributed by atoms with Crippen LogP contribution in [0.15, 0.2) is 77.6 Å². The van der Waals surface area contributed by atoms with E-state index < -0.39 is 0 Å². The predicted molar refractivity (Wildman–Crippen MR) is 242 cm³/mol. The van der Waals surface area contributed by atoms with E-state index in [0.717, 1.165) is 82.0 Å². The van der Waals surface area contributed by atoms with Crippen LogP contribution >= 0.6 is 0 Å². The molecule has 0 aliphatic carbocycles. The van der Waals surface area contributed by atoms with Crippen LogP contribution in [0.5, 0.6) is 0 Å². The molecule has 7 heteroatoms. The van der Waals surface area contributed by atoms with E-state index in [1.165, 1.54) is 4.90 Å². The van der Waals surface area contributed by atoms with Crippen molar-refractivity contribution >= 4 is 105 Å². The normalized spacial score (nSPS) is 13.6. The van der Waals surface area contributed by atoms with Gasteiger partial charge in [-0.1, -0.05) is 140 Å². The van der Waals surface area contributed by atoms with Gasteiger partial charge in [-0.05, 0) is 84.3 Å². The first-order valence-electron chi connectivity index (χ1n) is 20.0. The minimum absolute atomic E-state index is 0.0733. The molecule has 5 nitrogen and oxygen atoms in total. The average Bonchev–Trinajstić information content (AvgIpc) is 3.15. The van der Waals surface area contributed by atoms with Crippen molar-refractivity contribution in [3.8, 4) is 5.69 Å². The summed E-state index contributed by atoms with van der Waals surface area (Å²) >= 11 is 0. The average molecular weight is 733 g/mol. The second-order valence-corrected chi connectivity index (χ2v) is 17.3. The Morgan fingerprint density at radius 2 is 0.929 bits per heavy atom. The highest BCUT2D eigenvalue weighted by Gasteiger charge is 2.38. The number of hydrogen-bond acceptors (Lipinski definition) is 3. The maximum Gasteiger partial charge on any atom is 0.266 e. The number of aromatic nitrogens is 1. The second-order valence-electron chi connectivity index (χ2n) is 17.3. The molecule has 0 atom stereocenters. The summed E-state index contributed by atoms with van der Waals surface area (Å²) < 4.78 is 1.86. The summed E-state index contributed by atoms with van der Waals surface area (Å²) in [5.41, 5.74) is 8.78. The van der Waals surface area contributed by atoms with Crippen LogP contribution in [0, 0.1) is 0 Å². The van der Waals surface area contributed by atoms with E-state index in [4.69, 9.17) is 0 Å². The summed E-state index contributed by atoms with van der Waals surface area (Å²) in [6, 6.07) is 24.7. The van der Waals surface area contributed by atoms with Crippen LogP contribution in [-0.4, -0.2) is 32.1 Å². The van der Waals surface area contributed by atoms with Gasteiger partial charge in [-0.25, -0.2) is 4.90 Å². The van der Waals surface area contributed by atoms with Gasteiger partial charge in [0.2, 0.25) is 0 Å². The minimum Gasteiger partial charge on any atom is -0.276 e. The number of para-hydroxylation sites is 2. The molecule has 8 aromatic rings. The standard InChI is InChI=1S/C49H46B2N2O3/c1-22(2)27-12-10-13-28(23(3)4)45(27)52-26(9)31-16-17-32-42-38(51)21-36-40-34(19-18-33(44(40)42)41-37(50)20-35(48(52)55)39(31)43(32)41)47(54)53(49(36)56)46-29(24(5)6)14-11-15-30(46)25(7)8/h10-25H,9,50-51H2,1-8H3. The molecule has 9 rings (SSSR count). The van der Waals surface area contributed by atoms with Crippen molar-refractivity contribution in [2.75, 3.05) is 4.90 Å². The van der Waals surface area contributed by atoms with E-state index in [0.29, 0.717) is 32.9 Å². The molecule has 0 bridgehead atoms. The zero-order valence-corrected chi connectivity index (χ0v) is 34.1. The number of benzene rings is 7. The van der Waals surface area contributed by atoms with Crippen LogP contribution in [0.4, 0.5) is 5.69 Å². The summed E-state index contributed by atoms with van der Waals surface area (Å²) in [6.45, 7) is 21.7. The van der Waals surface area contributed by atoms with E-state index in [2.05, 4.69) is 114 Å². The zero-order chi connectivity index (χ0) is 39.8. The maximum atomic E-state index is 15.0. The first-order valence-corrected chi connectivity index (χ1v) is 20.0. The minimum atomic E-state index is -0.295. The molecule has 0 saturated carbocycles. The van der Waals surface area contributed by atoms with Gasteiger partial charge in [-0.15, -0.1) is 0 Å². The molecule has 0 spiro atoms. The molecule has 56 heavy (non-hydrogen) atoms. The molecule has 0 fully saturated rings. The molecule has 2 heterocycles. The number of fused-ring (bicyclic) bond motifs is 2. The van der Waals surface area contributed by atoms with Crippen molar-refractivity contribution in [2.45, 2.75) is 79.1 Å². The Morgan fingerprint density at radius 3 is 1.46 bits per heavy atom. The van der Waals surface area contributed by atoms with Crippen LogP contribution in [-0.2, 0) is 0 Å². The summed E-state index contributed by atoms with van der Waals surface area (Å²) in [5.74, 6) is 0.0516. The number of carbonyl (C=O) groups excluding carboxylic acids is 2. The smallest absolute Gasteiger partial charge is 0.266 e. The third-order valence-corrected chi connectivity index (χ3v) is 12.5. The SMILES string of the molecule is Bc1cc2c3c(ccc4c5c(B)cc6c(=O)n(-c7c(C(C)C)cccc7C(C)C)c(=C)c7ccc(c1c34)c5c76)C(=O)N(c1c(C(C)C)cccc1C(C)C)C2=O. The number of amides is 2. The van der Waals surface area contributed by atoms with Crippen molar-refractivity contribution < 1.29 is 9.59 Å². The lowest BCUT2D eigenvalue weighted by molar-refractivity contribution is 0.0893. The van der Waals surface area contributed by atoms with Crippen LogP contribution < -0.4 is 26.7 Å². The van der Waals surface area contributed by atoms with Crippen molar-refractivity contribution in [1.82, 2.24) is 4.57 Å². The lowest BCUT2D eigenvalue weighted by Gasteiger charge is -2.33. The largest absolute Gasteiger partial charge is 0.276 e. The Kier molecular flexibility index (Phi) is 7.98. The third-order valence-electron chi connectivity index (χ3n) is 12.5. The topological polar surface area (TPSA) is 59.4 Å². The highest BCUT2D eigenvalue weighted by Crippen LogP contribution is 2.46. The fraction of sp³-hybridized carbons (Fsp3) is 0.245. The molecule has 0 unspecified atom stereocenters. The Hall–Kier alpha value is -5.68. The number of pyridine rings is 1. The van der Waals surface area contributed by atoms with Crippen LogP contribution in [0.3, 0.4) is 0 Å². The van der Waals surface area contributed by atoms with Crippen LogP contribution in [0.1, 0.15) is 122 Å². The van der Waals surface area contributed by atoms with Gasteiger partial charge in [-0.3, -0.25) is 19.0 Å². The predicted octanol–water partition coefficient (Wildman–Crippen LogP) is 7.98. The molecule has 0 saturated heterocycles. The molecule has 7 aromatic carbocycles. The van der Waals surface area contributed by atoms with Gasteiger partial charge in [0.1, 0.15) is 15.7 Å². The number of nitrogens with zero attached hydrogens (tertiary/aromatic N) is 2. The maximum absolute atomic E-state index is 15.0. The van der Waals surface area contributed by atoms with Gasteiger partial charge in [0, 0.05) is 38.0 Å². The Bertz CT molecular complexity index is 3100. The lowest BCUT2D eigenvalue weighted by atomic mass is 9.75. The fourth-order valence-electron chi connectivity index (χ4n) is 9.94. The zero-order valence-electron chi connectivity index (χ0n) is 34.1. The Balaban J connectivity index is 1.39. The molecule has 276 valence electrons. The van der Waals surface area contributed by atoms with E-state index in [-0.39, 0.29) is 41.0 Å².